The Hall–Kier alpha value is -1.69. The van der Waals surface area contributed by atoms with Gasteiger partial charge in [0.1, 0.15) is 17.5 Å². The van der Waals surface area contributed by atoms with Crippen molar-refractivity contribution in [3.63, 3.8) is 0 Å². The number of amides is 1. The van der Waals surface area contributed by atoms with Gasteiger partial charge < -0.3 is 10.2 Å². The number of aryl methyl sites for hydroxylation is 1. The largest absolute Gasteiger partial charge is 0.440 e. The van der Waals surface area contributed by atoms with E-state index in [1.165, 1.54) is 0 Å². The number of carbonyl (C=O) groups is 1. The molecule has 0 saturated heterocycles. The number of carbonyl (C=O) groups excluding carboxylic acids is 1. The van der Waals surface area contributed by atoms with Gasteiger partial charge in [-0.05, 0) is 6.92 Å². The third-order valence-electron chi connectivity index (χ3n) is 1.70. The Kier molecular flexibility index (Phi) is 1.63. The quantitative estimate of drug-likeness (QED) is 0.588. The predicted octanol–water partition coefficient (Wildman–Crippen LogP) is -0.856. The third-order valence-corrected chi connectivity index (χ3v) is 1.70. The van der Waals surface area contributed by atoms with Crippen LogP contribution in [0, 0.1) is 6.92 Å². The van der Waals surface area contributed by atoms with E-state index < -0.39 is 6.04 Å². The first-order valence-corrected chi connectivity index (χ1v) is 3.74. The molecule has 0 aromatic carbocycles. The third kappa shape index (κ3) is 1.20. The minimum Gasteiger partial charge on any atom is -0.440 e. The zero-order valence-corrected chi connectivity index (χ0v) is 6.94. The molecule has 0 bridgehead atoms. The summed E-state index contributed by atoms with van der Waals surface area (Å²) in [5.41, 5.74) is 8.12. The average molecular weight is 180 g/mol. The van der Waals surface area contributed by atoms with E-state index in [0.29, 0.717) is 17.4 Å². The number of hydrogen-bond acceptors (Lipinski definition) is 5. The van der Waals surface area contributed by atoms with Crippen LogP contribution in [0.15, 0.2) is 15.7 Å². The number of nitrogens with one attached hydrogen (secondary N) is 1. The number of hydrazone groups is 1. The van der Waals surface area contributed by atoms with Crippen molar-refractivity contribution in [2.75, 3.05) is 0 Å². The van der Waals surface area contributed by atoms with Crippen LogP contribution < -0.4 is 11.2 Å². The lowest BCUT2D eigenvalue weighted by Gasteiger charge is -1.97. The lowest BCUT2D eigenvalue weighted by molar-refractivity contribution is -0.120. The van der Waals surface area contributed by atoms with Crippen LogP contribution >= 0.6 is 0 Å². The van der Waals surface area contributed by atoms with Gasteiger partial charge in [-0.3, -0.25) is 4.79 Å². The summed E-state index contributed by atoms with van der Waals surface area (Å²) in [5, 5.41) is 3.72. The summed E-state index contributed by atoms with van der Waals surface area (Å²) in [6, 6.07) is -0.780. The highest BCUT2D eigenvalue weighted by atomic mass is 16.4. The Bertz CT molecular complexity index is 382. The molecule has 1 amide bonds. The second kappa shape index (κ2) is 2.67. The van der Waals surface area contributed by atoms with Crippen molar-refractivity contribution >= 4 is 11.6 Å². The summed E-state index contributed by atoms with van der Waals surface area (Å²) in [7, 11) is 0. The molecular weight excluding hydrogens is 172 g/mol. The molecule has 68 valence electrons. The molecule has 0 radical (unpaired) electrons. The molecule has 1 aromatic rings. The molecule has 1 aliphatic heterocycles. The van der Waals surface area contributed by atoms with Crippen LogP contribution in [0.25, 0.3) is 0 Å². The van der Waals surface area contributed by atoms with Crippen LogP contribution in [-0.4, -0.2) is 22.6 Å². The lowest BCUT2D eigenvalue weighted by Crippen LogP contribution is -2.37. The van der Waals surface area contributed by atoms with Crippen LogP contribution in [0.2, 0.25) is 0 Å². The average Bonchev–Trinajstić information content (AvgIpc) is 2.62. The standard InChI is InChI=1S/C7H8N4O2/c1-3-2-9-7(13-3)5-4(8)6(12)11-10-5/h2,4H,8H2,1H3,(H,11,12). The molecule has 3 N–H and O–H groups in total. The number of nitrogens with zero attached hydrogens (tertiary/aromatic N) is 2. The number of aromatic nitrogens is 1. The Morgan fingerprint density at radius 1 is 1.69 bits per heavy atom. The smallest absolute Gasteiger partial charge is 0.263 e. The minimum absolute atomic E-state index is 0.295. The second-order valence-electron chi connectivity index (χ2n) is 2.73. The SMILES string of the molecule is Cc1cnc(C2=NNC(=O)C2N)o1. The van der Waals surface area contributed by atoms with Crippen molar-refractivity contribution in [2.45, 2.75) is 13.0 Å². The minimum atomic E-state index is -0.780. The van der Waals surface area contributed by atoms with Crippen LogP contribution in [0.3, 0.4) is 0 Å². The normalized spacial score (nSPS) is 21.5. The molecule has 0 spiro atoms. The van der Waals surface area contributed by atoms with Crippen molar-refractivity contribution in [3.8, 4) is 0 Å². The number of hydrogen-bond donors (Lipinski definition) is 2. The highest BCUT2D eigenvalue weighted by molar-refractivity contribution is 6.17. The molecule has 0 fully saturated rings. The fourth-order valence-electron chi connectivity index (χ4n) is 1.03. The molecule has 1 aromatic heterocycles. The van der Waals surface area contributed by atoms with Gasteiger partial charge in [0.15, 0.2) is 0 Å². The van der Waals surface area contributed by atoms with Crippen molar-refractivity contribution in [1.82, 2.24) is 10.4 Å². The first-order chi connectivity index (χ1) is 6.18. The molecule has 1 aliphatic rings. The number of rotatable bonds is 1. The monoisotopic (exact) mass is 180 g/mol. The van der Waals surface area contributed by atoms with Crippen molar-refractivity contribution in [3.05, 3.63) is 17.8 Å². The van der Waals surface area contributed by atoms with E-state index in [4.69, 9.17) is 10.2 Å². The van der Waals surface area contributed by atoms with Gasteiger partial charge in [0.25, 0.3) is 5.91 Å². The zero-order valence-electron chi connectivity index (χ0n) is 6.94. The van der Waals surface area contributed by atoms with Gasteiger partial charge in [0, 0.05) is 0 Å². The molecule has 2 rings (SSSR count). The van der Waals surface area contributed by atoms with Gasteiger partial charge in [-0.15, -0.1) is 0 Å². The van der Waals surface area contributed by atoms with E-state index in [9.17, 15) is 4.79 Å². The predicted molar refractivity (Wildman–Crippen MR) is 43.9 cm³/mol. The molecule has 0 aliphatic carbocycles. The van der Waals surface area contributed by atoms with Crippen molar-refractivity contribution in [2.24, 2.45) is 10.8 Å². The summed E-state index contributed by atoms with van der Waals surface area (Å²) < 4.78 is 5.17. The van der Waals surface area contributed by atoms with Crippen molar-refractivity contribution in [1.29, 1.82) is 0 Å². The van der Waals surface area contributed by atoms with Gasteiger partial charge in [-0.25, -0.2) is 10.4 Å². The molecular formula is C7H8N4O2. The maximum Gasteiger partial charge on any atom is 0.263 e. The first-order valence-electron chi connectivity index (χ1n) is 3.74. The Balaban J connectivity index is 2.33. The lowest BCUT2D eigenvalue weighted by atomic mass is 10.2. The van der Waals surface area contributed by atoms with E-state index in [-0.39, 0.29) is 5.91 Å². The second-order valence-corrected chi connectivity index (χ2v) is 2.73. The maximum absolute atomic E-state index is 10.9. The van der Waals surface area contributed by atoms with E-state index in [1.54, 1.807) is 13.1 Å². The summed E-state index contributed by atoms with van der Waals surface area (Å²) in [4.78, 5) is 14.9. The molecule has 6 nitrogen and oxygen atoms in total. The molecule has 1 unspecified atom stereocenters. The van der Waals surface area contributed by atoms with E-state index in [2.05, 4.69) is 15.5 Å². The fraction of sp³-hybridized carbons (Fsp3) is 0.286. The maximum atomic E-state index is 10.9. The van der Waals surface area contributed by atoms with Gasteiger partial charge >= 0.3 is 0 Å². The first kappa shape index (κ1) is 7.93. The Morgan fingerprint density at radius 2 is 2.46 bits per heavy atom. The van der Waals surface area contributed by atoms with E-state index in [0.717, 1.165) is 0 Å². The Labute approximate surface area is 73.8 Å². The van der Waals surface area contributed by atoms with Gasteiger partial charge in [-0.1, -0.05) is 0 Å². The summed E-state index contributed by atoms with van der Waals surface area (Å²) in [6.45, 7) is 1.76. The summed E-state index contributed by atoms with van der Waals surface area (Å²) >= 11 is 0. The van der Waals surface area contributed by atoms with Gasteiger partial charge in [-0.2, -0.15) is 5.10 Å². The highest BCUT2D eigenvalue weighted by Crippen LogP contribution is 2.08. The zero-order chi connectivity index (χ0) is 9.42. The number of oxazole rings is 1. The Morgan fingerprint density at radius 3 is 2.92 bits per heavy atom. The van der Waals surface area contributed by atoms with Crippen LogP contribution in [0.1, 0.15) is 11.7 Å². The van der Waals surface area contributed by atoms with Crippen LogP contribution in [0.5, 0.6) is 0 Å². The number of nitrogens with two attached hydrogens (primary N) is 1. The molecule has 1 atom stereocenters. The summed E-state index contributed by atoms with van der Waals surface area (Å²) in [6.07, 6.45) is 1.55. The molecule has 0 saturated carbocycles. The van der Waals surface area contributed by atoms with Gasteiger partial charge in [0.05, 0.1) is 6.20 Å². The topological polar surface area (TPSA) is 93.5 Å². The fourth-order valence-corrected chi connectivity index (χ4v) is 1.03. The van der Waals surface area contributed by atoms with E-state index >= 15 is 0 Å². The van der Waals surface area contributed by atoms with Crippen molar-refractivity contribution < 1.29 is 9.21 Å². The highest BCUT2D eigenvalue weighted by Gasteiger charge is 2.30. The molecule has 13 heavy (non-hydrogen) atoms. The van der Waals surface area contributed by atoms with Crippen LogP contribution in [-0.2, 0) is 4.79 Å². The molecule has 2 heterocycles. The summed E-state index contributed by atoms with van der Waals surface area (Å²) in [5.74, 6) is 0.610. The molecule has 6 heteroatoms. The van der Waals surface area contributed by atoms with Gasteiger partial charge in [0.2, 0.25) is 5.89 Å². The van der Waals surface area contributed by atoms with Crippen LogP contribution in [0.4, 0.5) is 0 Å². The van der Waals surface area contributed by atoms with E-state index in [1.807, 2.05) is 0 Å².